The molecule has 1 heterocycles. The predicted octanol–water partition coefficient (Wildman–Crippen LogP) is 3.45. The molecule has 0 atom stereocenters. The number of hydrogen-bond donors (Lipinski definition) is 1. The molecule has 0 aliphatic carbocycles. The second kappa shape index (κ2) is 5.28. The lowest BCUT2D eigenvalue weighted by molar-refractivity contribution is -0.138. The quantitative estimate of drug-likeness (QED) is 0.904. The van der Waals surface area contributed by atoms with Crippen molar-refractivity contribution in [2.45, 2.75) is 6.18 Å². The minimum absolute atomic E-state index is 0.0642. The number of carbonyl (C=O) groups excluding carboxylic acids is 1. The number of rotatable bonds is 2. The van der Waals surface area contributed by atoms with Crippen molar-refractivity contribution in [1.29, 1.82) is 0 Å². The Hall–Kier alpha value is -1.83. The summed E-state index contributed by atoms with van der Waals surface area (Å²) in [6, 6.07) is 3.49. The molecular weight excluding hydrogens is 339 g/mol. The highest BCUT2D eigenvalue weighted by Gasteiger charge is 2.33. The molecular formula is C12H9BrF3N3O. The van der Waals surface area contributed by atoms with Gasteiger partial charge in [-0.2, -0.15) is 18.3 Å². The molecule has 0 saturated carbocycles. The number of nitrogens with zero attached hydrogens (tertiary/aromatic N) is 2. The summed E-state index contributed by atoms with van der Waals surface area (Å²) in [6.45, 7) is 0. The van der Waals surface area contributed by atoms with Crippen molar-refractivity contribution in [1.82, 2.24) is 9.78 Å². The van der Waals surface area contributed by atoms with E-state index >= 15 is 0 Å². The molecule has 1 aromatic carbocycles. The number of aromatic nitrogens is 2. The molecule has 2 rings (SSSR count). The van der Waals surface area contributed by atoms with Gasteiger partial charge in [-0.05, 0) is 18.2 Å². The molecule has 0 saturated heterocycles. The van der Waals surface area contributed by atoms with Crippen LogP contribution in [0.1, 0.15) is 15.9 Å². The van der Waals surface area contributed by atoms with Crippen LogP contribution in [0.3, 0.4) is 0 Å². The van der Waals surface area contributed by atoms with Crippen molar-refractivity contribution in [3.8, 4) is 0 Å². The van der Waals surface area contributed by atoms with E-state index in [1.807, 2.05) is 0 Å². The van der Waals surface area contributed by atoms with E-state index in [2.05, 4.69) is 26.3 Å². The maximum atomic E-state index is 12.7. The maximum absolute atomic E-state index is 12.7. The van der Waals surface area contributed by atoms with E-state index in [0.29, 0.717) is 0 Å². The van der Waals surface area contributed by atoms with Gasteiger partial charge in [0.2, 0.25) is 0 Å². The third kappa shape index (κ3) is 3.19. The van der Waals surface area contributed by atoms with Crippen molar-refractivity contribution < 1.29 is 18.0 Å². The standard InChI is InChI=1S/C12H9BrF3N3O/c1-19-6-7(5-17-19)11(20)18-8-2-3-10(13)9(4-8)12(14,15)16/h2-6H,1H3,(H,18,20). The molecule has 0 spiro atoms. The first kappa shape index (κ1) is 14.6. The molecule has 0 unspecified atom stereocenters. The summed E-state index contributed by atoms with van der Waals surface area (Å²) in [5, 5.41) is 6.22. The number of benzene rings is 1. The zero-order valence-electron chi connectivity index (χ0n) is 10.2. The van der Waals surface area contributed by atoms with E-state index < -0.39 is 17.6 Å². The first-order valence-corrected chi connectivity index (χ1v) is 6.23. The van der Waals surface area contributed by atoms with Crippen molar-refractivity contribution in [3.63, 3.8) is 0 Å². The first-order valence-electron chi connectivity index (χ1n) is 5.44. The number of nitrogens with one attached hydrogen (secondary N) is 1. The molecule has 4 nitrogen and oxygen atoms in total. The highest BCUT2D eigenvalue weighted by Crippen LogP contribution is 2.36. The van der Waals surface area contributed by atoms with Gasteiger partial charge in [-0.15, -0.1) is 0 Å². The largest absolute Gasteiger partial charge is 0.417 e. The normalized spacial score (nSPS) is 11.4. The highest BCUT2D eigenvalue weighted by molar-refractivity contribution is 9.10. The summed E-state index contributed by atoms with van der Waals surface area (Å²) in [7, 11) is 1.64. The fraction of sp³-hybridized carbons (Fsp3) is 0.167. The van der Waals surface area contributed by atoms with Gasteiger partial charge in [-0.25, -0.2) is 0 Å². The molecule has 0 fully saturated rings. The van der Waals surface area contributed by atoms with E-state index in [-0.39, 0.29) is 15.7 Å². The van der Waals surface area contributed by atoms with Crippen molar-refractivity contribution in [3.05, 3.63) is 46.2 Å². The van der Waals surface area contributed by atoms with Crippen LogP contribution in [0.15, 0.2) is 35.1 Å². The number of carbonyl (C=O) groups is 1. The number of anilines is 1. The van der Waals surface area contributed by atoms with Crippen LogP contribution in [-0.4, -0.2) is 15.7 Å². The molecule has 106 valence electrons. The van der Waals surface area contributed by atoms with Crippen molar-refractivity contribution >= 4 is 27.5 Å². The molecule has 0 radical (unpaired) electrons. The second-order valence-electron chi connectivity index (χ2n) is 4.05. The van der Waals surface area contributed by atoms with Crippen LogP contribution in [0.5, 0.6) is 0 Å². The second-order valence-corrected chi connectivity index (χ2v) is 4.90. The van der Waals surface area contributed by atoms with Gasteiger partial charge in [0.05, 0.1) is 17.3 Å². The summed E-state index contributed by atoms with van der Waals surface area (Å²) in [5.74, 6) is -0.520. The van der Waals surface area contributed by atoms with Gasteiger partial charge in [0.1, 0.15) is 0 Å². The third-order valence-corrected chi connectivity index (χ3v) is 3.19. The van der Waals surface area contributed by atoms with Crippen molar-refractivity contribution in [2.24, 2.45) is 7.05 Å². The lowest BCUT2D eigenvalue weighted by Gasteiger charge is -2.11. The molecule has 1 aromatic heterocycles. The maximum Gasteiger partial charge on any atom is 0.417 e. The Morgan fingerprint density at radius 3 is 2.65 bits per heavy atom. The topological polar surface area (TPSA) is 46.9 Å². The Labute approximate surface area is 120 Å². The molecule has 1 amide bonds. The van der Waals surface area contributed by atoms with Gasteiger partial charge in [0.15, 0.2) is 0 Å². The Morgan fingerprint density at radius 1 is 1.40 bits per heavy atom. The van der Waals surface area contributed by atoms with Crippen molar-refractivity contribution in [2.75, 3.05) is 5.32 Å². The zero-order chi connectivity index (χ0) is 14.9. The molecule has 0 aliphatic heterocycles. The van der Waals surface area contributed by atoms with Crippen LogP contribution in [0.2, 0.25) is 0 Å². The average molecular weight is 348 g/mol. The molecule has 20 heavy (non-hydrogen) atoms. The Kier molecular flexibility index (Phi) is 3.85. The number of aryl methyl sites for hydroxylation is 1. The Balaban J connectivity index is 2.24. The van der Waals surface area contributed by atoms with Crippen LogP contribution < -0.4 is 5.32 Å². The SMILES string of the molecule is Cn1cc(C(=O)Nc2ccc(Br)c(C(F)(F)F)c2)cn1. The molecule has 0 aliphatic rings. The lowest BCUT2D eigenvalue weighted by Crippen LogP contribution is -2.13. The van der Waals surface area contributed by atoms with Crippen LogP contribution in [0.25, 0.3) is 0 Å². The summed E-state index contributed by atoms with van der Waals surface area (Å²) < 4.78 is 39.6. The highest BCUT2D eigenvalue weighted by atomic mass is 79.9. The zero-order valence-corrected chi connectivity index (χ0v) is 11.8. The molecule has 2 aromatic rings. The predicted molar refractivity (Wildman–Crippen MR) is 70.3 cm³/mol. The van der Waals surface area contributed by atoms with E-state index in [4.69, 9.17) is 0 Å². The third-order valence-electron chi connectivity index (χ3n) is 2.50. The molecule has 1 N–H and O–H groups in total. The first-order chi connectivity index (χ1) is 9.27. The molecule has 8 heteroatoms. The number of halogens is 4. The van der Waals surface area contributed by atoms with Gasteiger partial charge in [0, 0.05) is 23.4 Å². The number of alkyl halides is 3. The van der Waals surface area contributed by atoms with Gasteiger partial charge in [0.25, 0.3) is 5.91 Å². The van der Waals surface area contributed by atoms with E-state index in [0.717, 1.165) is 6.07 Å². The van der Waals surface area contributed by atoms with Crippen LogP contribution in [0, 0.1) is 0 Å². The monoisotopic (exact) mass is 347 g/mol. The summed E-state index contributed by atoms with van der Waals surface area (Å²) in [6.07, 6.45) is -1.69. The number of hydrogen-bond acceptors (Lipinski definition) is 2. The van der Waals surface area contributed by atoms with Gasteiger partial charge in [-0.3, -0.25) is 9.48 Å². The summed E-state index contributed by atoms with van der Waals surface area (Å²) in [4.78, 5) is 11.8. The van der Waals surface area contributed by atoms with E-state index in [1.165, 1.54) is 29.2 Å². The molecule has 0 bridgehead atoms. The van der Waals surface area contributed by atoms with Crippen LogP contribution in [0.4, 0.5) is 18.9 Å². The van der Waals surface area contributed by atoms with E-state index in [1.54, 1.807) is 7.05 Å². The van der Waals surface area contributed by atoms with Gasteiger partial charge < -0.3 is 5.32 Å². The lowest BCUT2D eigenvalue weighted by atomic mass is 10.2. The number of amides is 1. The smallest absolute Gasteiger partial charge is 0.322 e. The minimum Gasteiger partial charge on any atom is -0.322 e. The average Bonchev–Trinajstić information content (AvgIpc) is 2.77. The summed E-state index contributed by atoms with van der Waals surface area (Å²) in [5.41, 5.74) is -0.514. The van der Waals surface area contributed by atoms with Crippen LogP contribution >= 0.6 is 15.9 Å². The van der Waals surface area contributed by atoms with Gasteiger partial charge in [-0.1, -0.05) is 15.9 Å². The van der Waals surface area contributed by atoms with Gasteiger partial charge >= 0.3 is 6.18 Å². The Bertz CT molecular complexity index is 652. The summed E-state index contributed by atoms with van der Waals surface area (Å²) >= 11 is 2.83. The van der Waals surface area contributed by atoms with Crippen LogP contribution in [-0.2, 0) is 13.2 Å². The minimum atomic E-state index is -4.49. The fourth-order valence-corrected chi connectivity index (χ4v) is 2.03. The Morgan fingerprint density at radius 2 is 2.10 bits per heavy atom. The fourth-order valence-electron chi connectivity index (χ4n) is 1.56. The van der Waals surface area contributed by atoms with E-state index in [9.17, 15) is 18.0 Å².